The van der Waals surface area contributed by atoms with E-state index in [1.165, 1.54) is 5.56 Å². The van der Waals surface area contributed by atoms with Gasteiger partial charge in [-0.3, -0.25) is 4.79 Å². The molecule has 170 valence electrons. The second kappa shape index (κ2) is 8.79. The highest BCUT2D eigenvalue weighted by atomic mass is 32.2. The van der Waals surface area contributed by atoms with Crippen molar-refractivity contribution in [2.75, 3.05) is 19.3 Å². The van der Waals surface area contributed by atoms with E-state index in [0.717, 1.165) is 19.1 Å². The molecular formula is C24H25N5O3S. The number of piperidine rings is 1. The molecule has 0 radical (unpaired) electrons. The number of carbonyl (C=O) groups excluding carboxylic acids is 1. The summed E-state index contributed by atoms with van der Waals surface area (Å²) in [4.78, 5) is 18.3. The molecule has 1 amide bonds. The van der Waals surface area contributed by atoms with E-state index in [-0.39, 0.29) is 10.8 Å². The van der Waals surface area contributed by atoms with Gasteiger partial charge in [0.15, 0.2) is 15.7 Å². The fourth-order valence-electron chi connectivity index (χ4n) is 4.29. The van der Waals surface area contributed by atoms with Gasteiger partial charge in [-0.15, -0.1) is 10.2 Å². The molecule has 2 heterocycles. The Balaban J connectivity index is 1.59. The summed E-state index contributed by atoms with van der Waals surface area (Å²) < 4.78 is 24.8. The quantitative estimate of drug-likeness (QED) is 0.633. The van der Waals surface area contributed by atoms with Crippen LogP contribution in [0.2, 0.25) is 0 Å². The highest BCUT2D eigenvalue weighted by molar-refractivity contribution is 7.90. The molecule has 1 fully saturated rings. The number of nitriles is 1. The van der Waals surface area contributed by atoms with Crippen molar-refractivity contribution in [2.45, 2.75) is 37.5 Å². The van der Waals surface area contributed by atoms with Gasteiger partial charge in [0.05, 0.1) is 16.5 Å². The first kappa shape index (κ1) is 22.7. The van der Waals surface area contributed by atoms with Crippen LogP contribution in [0.5, 0.6) is 0 Å². The lowest BCUT2D eigenvalue weighted by Gasteiger charge is -2.32. The highest BCUT2D eigenvalue weighted by Gasteiger charge is 2.28. The number of likely N-dealkylation sites (tertiary alicyclic amines) is 1. The zero-order chi connectivity index (χ0) is 23.8. The molecule has 4 rings (SSSR count). The zero-order valence-electron chi connectivity index (χ0n) is 18.8. The Bertz CT molecular complexity index is 1350. The minimum atomic E-state index is -3.54. The lowest BCUT2D eigenvalue weighted by Crippen LogP contribution is -2.38. The monoisotopic (exact) mass is 463 g/mol. The number of carbonyl (C=O) groups is 1. The van der Waals surface area contributed by atoms with Gasteiger partial charge >= 0.3 is 0 Å². The smallest absolute Gasteiger partial charge is 0.254 e. The van der Waals surface area contributed by atoms with Crippen LogP contribution >= 0.6 is 0 Å². The van der Waals surface area contributed by atoms with Crippen LogP contribution in [0.1, 0.15) is 51.6 Å². The number of aromatic amines is 1. The number of benzene rings is 2. The molecule has 1 saturated heterocycles. The van der Waals surface area contributed by atoms with Crippen LogP contribution in [0, 0.1) is 25.2 Å². The van der Waals surface area contributed by atoms with E-state index >= 15 is 0 Å². The molecule has 0 aliphatic carbocycles. The summed E-state index contributed by atoms with van der Waals surface area (Å²) in [7, 11) is -3.54. The molecule has 0 unspecified atom stereocenters. The molecule has 1 N–H and O–H groups in total. The molecule has 3 aromatic rings. The summed E-state index contributed by atoms with van der Waals surface area (Å²) in [6.45, 7) is 4.69. The van der Waals surface area contributed by atoms with Crippen LogP contribution in [0.4, 0.5) is 0 Å². The van der Waals surface area contributed by atoms with E-state index in [1.807, 2.05) is 29.2 Å². The summed E-state index contributed by atoms with van der Waals surface area (Å²) in [5.41, 5.74) is 3.23. The number of nitrogens with one attached hydrogen (secondary N) is 1. The molecule has 1 aliphatic heterocycles. The first-order valence-corrected chi connectivity index (χ1v) is 12.6. The Morgan fingerprint density at radius 3 is 2.33 bits per heavy atom. The number of aryl methyl sites for hydroxylation is 2. The van der Waals surface area contributed by atoms with Gasteiger partial charge in [-0.1, -0.05) is 12.1 Å². The van der Waals surface area contributed by atoms with Crippen molar-refractivity contribution < 1.29 is 13.2 Å². The predicted octanol–water partition coefficient (Wildman–Crippen LogP) is 3.38. The lowest BCUT2D eigenvalue weighted by atomic mass is 9.88. The molecule has 9 heteroatoms. The van der Waals surface area contributed by atoms with E-state index in [1.54, 1.807) is 26.0 Å². The van der Waals surface area contributed by atoms with Crippen molar-refractivity contribution in [1.29, 1.82) is 5.26 Å². The maximum atomic E-state index is 13.4. The van der Waals surface area contributed by atoms with Crippen LogP contribution in [0.15, 0.2) is 41.3 Å². The third-order valence-corrected chi connectivity index (χ3v) is 7.24. The van der Waals surface area contributed by atoms with E-state index in [0.29, 0.717) is 52.9 Å². The molecule has 0 spiro atoms. The van der Waals surface area contributed by atoms with Crippen LogP contribution in [-0.2, 0) is 9.84 Å². The fraction of sp³-hybridized carbons (Fsp3) is 0.333. The Labute approximate surface area is 193 Å². The zero-order valence-corrected chi connectivity index (χ0v) is 19.6. The van der Waals surface area contributed by atoms with Crippen molar-refractivity contribution in [3.63, 3.8) is 0 Å². The van der Waals surface area contributed by atoms with Gasteiger partial charge in [-0.05, 0) is 68.0 Å². The largest absolute Gasteiger partial charge is 0.339 e. The first-order chi connectivity index (χ1) is 15.7. The third kappa shape index (κ3) is 4.66. The van der Waals surface area contributed by atoms with E-state index < -0.39 is 9.84 Å². The fourth-order valence-corrected chi connectivity index (χ4v) is 5.23. The number of hydrogen-bond donors (Lipinski definition) is 1. The first-order valence-electron chi connectivity index (χ1n) is 10.7. The normalized spacial score (nSPS) is 14.8. The number of rotatable bonds is 4. The van der Waals surface area contributed by atoms with Crippen LogP contribution in [-0.4, -0.2) is 53.8 Å². The van der Waals surface area contributed by atoms with Gasteiger partial charge in [0.25, 0.3) is 5.91 Å². The Hall–Kier alpha value is -3.51. The molecule has 2 aromatic carbocycles. The summed E-state index contributed by atoms with van der Waals surface area (Å²) in [6.07, 6.45) is 2.79. The van der Waals surface area contributed by atoms with E-state index in [9.17, 15) is 13.2 Å². The topological polar surface area (TPSA) is 120 Å². The van der Waals surface area contributed by atoms with Crippen molar-refractivity contribution in [1.82, 2.24) is 20.1 Å². The molecule has 0 saturated carbocycles. The minimum absolute atomic E-state index is 0.118. The molecule has 33 heavy (non-hydrogen) atoms. The molecule has 1 aliphatic rings. The summed E-state index contributed by atoms with van der Waals surface area (Å²) in [5, 5.41) is 17.0. The minimum Gasteiger partial charge on any atom is -0.339 e. The standard InChI is InChI=1S/C24H25N5O3S/c1-15-12-22(33(3,31)32)21(23-26-16(2)27-28-23)13-20(15)24(30)29-10-8-19(9-11-29)18-6-4-17(14-25)5-7-18/h4-7,12-13,19H,8-11H2,1-3H3,(H,26,27,28). The number of sulfone groups is 1. The Morgan fingerprint density at radius 1 is 1.12 bits per heavy atom. The second-order valence-electron chi connectivity index (χ2n) is 8.49. The second-order valence-corrected chi connectivity index (χ2v) is 10.5. The van der Waals surface area contributed by atoms with E-state index in [2.05, 4.69) is 21.3 Å². The maximum Gasteiger partial charge on any atom is 0.254 e. The number of H-pyrrole nitrogens is 1. The van der Waals surface area contributed by atoms with Crippen LogP contribution < -0.4 is 0 Å². The average Bonchev–Trinajstić information content (AvgIpc) is 3.24. The predicted molar refractivity (Wildman–Crippen MR) is 123 cm³/mol. The van der Waals surface area contributed by atoms with Gasteiger partial charge in [0.1, 0.15) is 5.82 Å². The number of amides is 1. The summed E-state index contributed by atoms with van der Waals surface area (Å²) in [6, 6.07) is 12.9. The summed E-state index contributed by atoms with van der Waals surface area (Å²) in [5.74, 6) is 1.09. The van der Waals surface area contributed by atoms with Gasteiger partial charge in [-0.2, -0.15) is 5.26 Å². The lowest BCUT2D eigenvalue weighted by molar-refractivity contribution is 0.0712. The van der Waals surface area contributed by atoms with Crippen LogP contribution in [0.3, 0.4) is 0 Å². The Kier molecular flexibility index (Phi) is 6.04. The summed E-state index contributed by atoms with van der Waals surface area (Å²) >= 11 is 0. The Morgan fingerprint density at radius 2 is 1.79 bits per heavy atom. The average molecular weight is 464 g/mol. The van der Waals surface area contributed by atoms with Gasteiger partial charge in [-0.25, -0.2) is 8.42 Å². The number of nitrogens with zero attached hydrogens (tertiary/aromatic N) is 4. The molecule has 1 aromatic heterocycles. The molecule has 0 bridgehead atoms. The van der Waals surface area contributed by atoms with Crippen molar-refractivity contribution >= 4 is 15.7 Å². The van der Waals surface area contributed by atoms with Crippen molar-refractivity contribution in [3.8, 4) is 17.5 Å². The number of hydrogen-bond acceptors (Lipinski definition) is 6. The third-order valence-electron chi connectivity index (χ3n) is 6.10. The molecular weight excluding hydrogens is 438 g/mol. The maximum absolute atomic E-state index is 13.4. The SMILES string of the molecule is Cc1nnc(-c2cc(C(=O)N3CCC(c4ccc(C#N)cc4)CC3)c(C)cc2S(C)(=O)=O)[nH]1. The van der Waals surface area contributed by atoms with E-state index in [4.69, 9.17) is 5.26 Å². The van der Waals surface area contributed by atoms with Crippen molar-refractivity contribution in [3.05, 3.63) is 64.5 Å². The van der Waals surface area contributed by atoms with Gasteiger partial charge in [0, 0.05) is 30.5 Å². The van der Waals surface area contributed by atoms with Crippen molar-refractivity contribution in [2.24, 2.45) is 0 Å². The number of aromatic nitrogens is 3. The van der Waals surface area contributed by atoms with Gasteiger partial charge in [0.2, 0.25) is 0 Å². The van der Waals surface area contributed by atoms with Crippen LogP contribution in [0.25, 0.3) is 11.4 Å². The van der Waals surface area contributed by atoms with Gasteiger partial charge < -0.3 is 9.88 Å². The molecule has 8 nitrogen and oxygen atoms in total. The highest BCUT2D eigenvalue weighted by Crippen LogP contribution is 2.32. The molecule has 0 atom stereocenters.